The maximum atomic E-state index is 12.7. The summed E-state index contributed by atoms with van der Waals surface area (Å²) in [5.41, 5.74) is 1.61. The molecule has 166 valence electrons. The maximum absolute atomic E-state index is 12.7. The molecule has 1 fully saturated rings. The first kappa shape index (κ1) is 22.5. The van der Waals surface area contributed by atoms with Crippen molar-refractivity contribution in [1.29, 1.82) is 0 Å². The number of rotatable bonds is 5. The molecule has 0 unspecified atom stereocenters. The third-order valence-corrected chi connectivity index (χ3v) is 4.96. The lowest BCUT2D eigenvalue weighted by Crippen LogP contribution is -2.43. The Morgan fingerprint density at radius 3 is 2.39 bits per heavy atom. The van der Waals surface area contributed by atoms with E-state index in [1.54, 1.807) is 30.0 Å². The quantitative estimate of drug-likeness (QED) is 0.708. The molecule has 0 radical (unpaired) electrons. The van der Waals surface area contributed by atoms with Crippen molar-refractivity contribution in [3.63, 3.8) is 0 Å². The molecule has 31 heavy (non-hydrogen) atoms. The lowest BCUT2D eigenvalue weighted by molar-refractivity contribution is -0.153. The number of anilines is 2. The summed E-state index contributed by atoms with van der Waals surface area (Å²) in [6.07, 6.45) is -3.56. The van der Waals surface area contributed by atoms with E-state index in [9.17, 15) is 22.8 Å². The standard InChI is InChI=1S/C22H24F3N3O3/c1-15-7-8-18(19(13-15)31-14-22(23,24)25)27-20(29)16-9-11-28(12-10-16)21(30)26-17-5-3-2-4-6-17/h2-8,13,16H,9-12,14H2,1H3,(H,26,30)(H,27,29). The molecule has 2 aromatic carbocycles. The molecular weight excluding hydrogens is 411 g/mol. The first-order valence-corrected chi connectivity index (χ1v) is 9.93. The van der Waals surface area contributed by atoms with Crippen LogP contribution in [0.4, 0.5) is 29.3 Å². The summed E-state index contributed by atoms with van der Waals surface area (Å²) in [6.45, 7) is 1.10. The van der Waals surface area contributed by atoms with Gasteiger partial charge in [-0.25, -0.2) is 4.79 Å². The molecule has 2 N–H and O–H groups in total. The number of hydrogen-bond donors (Lipinski definition) is 2. The first-order chi connectivity index (χ1) is 14.7. The number of urea groups is 1. The molecule has 1 aliphatic rings. The zero-order valence-electron chi connectivity index (χ0n) is 17.0. The second kappa shape index (κ2) is 9.72. The fraction of sp³-hybridized carbons (Fsp3) is 0.364. The number of piperidine rings is 1. The largest absolute Gasteiger partial charge is 0.482 e. The van der Waals surface area contributed by atoms with Crippen LogP contribution in [0.2, 0.25) is 0 Å². The highest BCUT2D eigenvalue weighted by molar-refractivity contribution is 5.94. The molecule has 1 aliphatic heterocycles. The molecule has 0 bridgehead atoms. The van der Waals surface area contributed by atoms with Crippen LogP contribution in [-0.2, 0) is 4.79 Å². The minimum Gasteiger partial charge on any atom is -0.482 e. The van der Waals surface area contributed by atoms with Gasteiger partial charge in [-0.3, -0.25) is 4.79 Å². The molecule has 2 aromatic rings. The molecule has 0 spiro atoms. The van der Waals surface area contributed by atoms with Crippen LogP contribution in [0.25, 0.3) is 0 Å². The fourth-order valence-electron chi connectivity index (χ4n) is 3.32. The van der Waals surface area contributed by atoms with Gasteiger partial charge in [-0.2, -0.15) is 13.2 Å². The predicted molar refractivity (Wildman–Crippen MR) is 111 cm³/mol. The van der Waals surface area contributed by atoms with E-state index in [1.165, 1.54) is 12.1 Å². The van der Waals surface area contributed by atoms with Crippen molar-refractivity contribution >= 4 is 23.3 Å². The Labute approximate surface area is 178 Å². The van der Waals surface area contributed by atoms with Gasteiger partial charge in [0.15, 0.2) is 6.61 Å². The predicted octanol–water partition coefficient (Wildman–Crippen LogP) is 4.82. The van der Waals surface area contributed by atoms with E-state index in [2.05, 4.69) is 10.6 Å². The number of alkyl halides is 3. The van der Waals surface area contributed by atoms with Gasteiger partial charge in [-0.1, -0.05) is 24.3 Å². The van der Waals surface area contributed by atoms with E-state index < -0.39 is 12.8 Å². The summed E-state index contributed by atoms with van der Waals surface area (Å²) in [6, 6.07) is 13.5. The number of carbonyl (C=O) groups is 2. The van der Waals surface area contributed by atoms with Gasteiger partial charge in [-0.05, 0) is 49.6 Å². The van der Waals surface area contributed by atoms with Gasteiger partial charge in [-0.15, -0.1) is 0 Å². The van der Waals surface area contributed by atoms with Crippen LogP contribution in [-0.4, -0.2) is 42.7 Å². The average molecular weight is 435 g/mol. The highest BCUT2D eigenvalue weighted by Gasteiger charge is 2.30. The fourth-order valence-corrected chi connectivity index (χ4v) is 3.32. The van der Waals surface area contributed by atoms with Crippen molar-refractivity contribution < 1.29 is 27.5 Å². The van der Waals surface area contributed by atoms with E-state index in [-0.39, 0.29) is 29.3 Å². The van der Waals surface area contributed by atoms with Crippen LogP contribution in [0.3, 0.4) is 0 Å². The first-order valence-electron chi connectivity index (χ1n) is 9.93. The van der Waals surface area contributed by atoms with Gasteiger partial charge in [0.05, 0.1) is 5.69 Å². The number of aryl methyl sites for hydroxylation is 1. The SMILES string of the molecule is Cc1ccc(NC(=O)C2CCN(C(=O)Nc3ccccc3)CC2)c(OCC(F)(F)F)c1. The molecule has 3 amide bonds. The van der Waals surface area contributed by atoms with Gasteiger partial charge >= 0.3 is 12.2 Å². The second-order valence-corrected chi connectivity index (χ2v) is 7.45. The maximum Gasteiger partial charge on any atom is 0.422 e. The zero-order valence-corrected chi connectivity index (χ0v) is 17.0. The van der Waals surface area contributed by atoms with Crippen molar-refractivity contribution in [3.05, 3.63) is 54.1 Å². The van der Waals surface area contributed by atoms with Crippen molar-refractivity contribution in [3.8, 4) is 5.75 Å². The Hall–Kier alpha value is -3.23. The molecule has 0 aromatic heterocycles. The number of para-hydroxylation sites is 1. The van der Waals surface area contributed by atoms with Crippen molar-refractivity contribution in [2.45, 2.75) is 25.9 Å². The third-order valence-electron chi connectivity index (χ3n) is 4.96. The van der Waals surface area contributed by atoms with Crippen LogP contribution in [0.1, 0.15) is 18.4 Å². The summed E-state index contributed by atoms with van der Waals surface area (Å²) in [7, 11) is 0. The topological polar surface area (TPSA) is 70.7 Å². The highest BCUT2D eigenvalue weighted by atomic mass is 19.4. The van der Waals surface area contributed by atoms with E-state index >= 15 is 0 Å². The third kappa shape index (κ3) is 6.63. The zero-order chi connectivity index (χ0) is 22.4. The average Bonchev–Trinajstić information content (AvgIpc) is 2.74. The Balaban J connectivity index is 1.55. The molecule has 9 heteroatoms. The van der Waals surface area contributed by atoms with E-state index in [0.717, 1.165) is 0 Å². The Morgan fingerprint density at radius 2 is 1.74 bits per heavy atom. The lowest BCUT2D eigenvalue weighted by atomic mass is 9.96. The minimum atomic E-state index is -4.47. The van der Waals surface area contributed by atoms with Crippen molar-refractivity contribution in [2.75, 3.05) is 30.3 Å². The molecular formula is C22H24F3N3O3. The van der Waals surface area contributed by atoms with Crippen LogP contribution in [0, 0.1) is 12.8 Å². The molecule has 1 heterocycles. The van der Waals surface area contributed by atoms with E-state index in [0.29, 0.717) is 37.2 Å². The van der Waals surface area contributed by atoms with Crippen molar-refractivity contribution in [1.82, 2.24) is 4.90 Å². The Kier molecular flexibility index (Phi) is 7.04. The molecule has 1 saturated heterocycles. The number of nitrogens with one attached hydrogen (secondary N) is 2. The second-order valence-electron chi connectivity index (χ2n) is 7.45. The summed E-state index contributed by atoms with van der Waals surface area (Å²) in [5.74, 6) is -0.674. The van der Waals surface area contributed by atoms with Crippen LogP contribution >= 0.6 is 0 Å². The van der Waals surface area contributed by atoms with Crippen LogP contribution in [0.15, 0.2) is 48.5 Å². The van der Waals surface area contributed by atoms with Gasteiger partial charge in [0, 0.05) is 24.7 Å². The monoisotopic (exact) mass is 435 g/mol. The van der Waals surface area contributed by atoms with Gasteiger partial charge < -0.3 is 20.3 Å². The summed E-state index contributed by atoms with van der Waals surface area (Å²) in [5, 5.41) is 5.49. The number of ether oxygens (including phenoxy) is 1. The molecule has 0 saturated carbocycles. The molecule has 0 atom stereocenters. The van der Waals surface area contributed by atoms with Crippen LogP contribution < -0.4 is 15.4 Å². The number of amides is 3. The number of carbonyl (C=O) groups excluding carboxylic acids is 2. The van der Waals surface area contributed by atoms with E-state index in [1.807, 2.05) is 18.2 Å². The molecule has 6 nitrogen and oxygen atoms in total. The molecule has 3 rings (SSSR count). The Bertz CT molecular complexity index is 911. The number of halogens is 3. The number of hydrogen-bond acceptors (Lipinski definition) is 3. The molecule has 0 aliphatic carbocycles. The number of likely N-dealkylation sites (tertiary alicyclic amines) is 1. The summed E-state index contributed by atoms with van der Waals surface area (Å²) in [4.78, 5) is 26.7. The summed E-state index contributed by atoms with van der Waals surface area (Å²) < 4.78 is 42.4. The van der Waals surface area contributed by atoms with Gasteiger partial charge in [0.25, 0.3) is 0 Å². The number of benzene rings is 2. The van der Waals surface area contributed by atoms with Gasteiger partial charge in [0.2, 0.25) is 5.91 Å². The van der Waals surface area contributed by atoms with Crippen LogP contribution in [0.5, 0.6) is 5.75 Å². The highest BCUT2D eigenvalue weighted by Crippen LogP contribution is 2.29. The number of nitrogens with zero attached hydrogens (tertiary/aromatic N) is 1. The van der Waals surface area contributed by atoms with Gasteiger partial charge in [0.1, 0.15) is 5.75 Å². The smallest absolute Gasteiger partial charge is 0.422 e. The van der Waals surface area contributed by atoms with Crippen molar-refractivity contribution in [2.24, 2.45) is 5.92 Å². The summed E-state index contributed by atoms with van der Waals surface area (Å²) >= 11 is 0. The van der Waals surface area contributed by atoms with E-state index in [4.69, 9.17) is 4.74 Å². The minimum absolute atomic E-state index is 0.0228. The lowest BCUT2D eigenvalue weighted by Gasteiger charge is -2.31. The Morgan fingerprint density at radius 1 is 1.06 bits per heavy atom. The normalized spacial score (nSPS) is 14.8.